The lowest BCUT2D eigenvalue weighted by molar-refractivity contribution is 0.0998. The number of aromatic nitrogens is 2. The average Bonchev–Trinajstić information content (AvgIpc) is 2.81. The van der Waals surface area contributed by atoms with Crippen LogP contribution in [0.25, 0.3) is 0 Å². The number of guanidine groups is 1. The first-order valence-corrected chi connectivity index (χ1v) is 7.13. The van der Waals surface area contributed by atoms with Crippen LogP contribution in [-0.4, -0.2) is 66.2 Å². The molecular weight excluding hydrogens is 395 g/mol. The van der Waals surface area contributed by atoms with Crippen molar-refractivity contribution in [2.45, 2.75) is 19.4 Å². The Kier molecular flexibility index (Phi) is 6.64. The van der Waals surface area contributed by atoms with Crippen LogP contribution in [0.1, 0.15) is 22.5 Å². The molecule has 2 heterocycles. The molecule has 1 aliphatic rings. The molecule has 0 bridgehead atoms. The smallest absolute Gasteiger partial charge is 0.252 e. The van der Waals surface area contributed by atoms with E-state index in [0.717, 1.165) is 37.6 Å². The summed E-state index contributed by atoms with van der Waals surface area (Å²) in [7, 11) is 7.94. The Balaban J connectivity index is 0.00000242. The number of fused-ring (bicyclic) bond motifs is 1. The molecule has 0 saturated heterocycles. The van der Waals surface area contributed by atoms with Gasteiger partial charge < -0.3 is 15.5 Å². The normalized spacial score (nSPS) is 16.3. The standard InChI is InChI=1S/C14H24N6O.HI/c1-18(2)14(19(3)4)16-8-10-5-6-20-12(7-10)11(9-17-20)13(15)21;/h9-10H,5-8H2,1-4H3,(H2,15,21);1H. The van der Waals surface area contributed by atoms with Crippen LogP contribution in [0.4, 0.5) is 0 Å². The summed E-state index contributed by atoms with van der Waals surface area (Å²) in [6.45, 7) is 1.57. The molecule has 0 fully saturated rings. The molecule has 2 N–H and O–H groups in total. The fourth-order valence-corrected chi connectivity index (χ4v) is 2.75. The van der Waals surface area contributed by atoms with Crippen molar-refractivity contribution in [1.82, 2.24) is 19.6 Å². The molecule has 7 nitrogen and oxygen atoms in total. The van der Waals surface area contributed by atoms with E-state index in [1.807, 2.05) is 42.7 Å². The SMILES string of the molecule is CN(C)C(=NCC1CCn2ncc(C(N)=O)c2C1)N(C)C.I. The van der Waals surface area contributed by atoms with E-state index in [0.29, 0.717) is 11.5 Å². The van der Waals surface area contributed by atoms with Crippen molar-refractivity contribution < 1.29 is 4.79 Å². The third-order valence-electron chi connectivity index (χ3n) is 3.74. The van der Waals surface area contributed by atoms with Gasteiger partial charge in [0.25, 0.3) is 5.91 Å². The van der Waals surface area contributed by atoms with Crippen molar-refractivity contribution >= 4 is 35.8 Å². The molecular formula is C14H25IN6O. The molecule has 0 spiro atoms. The summed E-state index contributed by atoms with van der Waals surface area (Å²) in [6, 6.07) is 0. The number of primary amides is 1. The molecule has 8 heteroatoms. The Labute approximate surface area is 148 Å². The van der Waals surface area contributed by atoms with Crippen LogP contribution in [0.2, 0.25) is 0 Å². The summed E-state index contributed by atoms with van der Waals surface area (Å²) in [4.78, 5) is 20.1. The summed E-state index contributed by atoms with van der Waals surface area (Å²) >= 11 is 0. The van der Waals surface area contributed by atoms with Crippen molar-refractivity contribution in [3.63, 3.8) is 0 Å². The zero-order valence-corrected chi connectivity index (χ0v) is 15.9. The predicted molar refractivity (Wildman–Crippen MR) is 97.6 cm³/mol. The van der Waals surface area contributed by atoms with Gasteiger partial charge in [0.15, 0.2) is 5.96 Å². The van der Waals surface area contributed by atoms with Gasteiger partial charge in [0.1, 0.15) is 0 Å². The van der Waals surface area contributed by atoms with Gasteiger partial charge in [-0.1, -0.05) is 0 Å². The highest BCUT2D eigenvalue weighted by atomic mass is 127. The van der Waals surface area contributed by atoms with Gasteiger partial charge in [-0.05, 0) is 18.8 Å². The molecule has 0 saturated carbocycles. The van der Waals surface area contributed by atoms with E-state index in [2.05, 4.69) is 5.10 Å². The minimum atomic E-state index is -0.400. The molecule has 1 unspecified atom stereocenters. The summed E-state index contributed by atoms with van der Waals surface area (Å²) in [5.41, 5.74) is 6.89. The van der Waals surface area contributed by atoms with E-state index in [4.69, 9.17) is 10.7 Å². The first kappa shape index (κ1) is 18.7. The van der Waals surface area contributed by atoms with Crippen LogP contribution in [0.15, 0.2) is 11.2 Å². The number of nitrogens with two attached hydrogens (primary N) is 1. The van der Waals surface area contributed by atoms with Gasteiger partial charge in [0.05, 0.1) is 17.5 Å². The fraction of sp³-hybridized carbons (Fsp3) is 0.643. The highest BCUT2D eigenvalue weighted by molar-refractivity contribution is 14.0. The zero-order chi connectivity index (χ0) is 15.6. The van der Waals surface area contributed by atoms with Crippen LogP contribution in [-0.2, 0) is 13.0 Å². The zero-order valence-electron chi connectivity index (χ0n) is 13.6. The van der Waals surface area contributed by atoms with Crippen LogP contribution in [0.5, 0.6) is 0 Å². The largest absolute Gasteiger partial charge is 0.365 e. The third-order valence-corrected chi connectivity index (χ3v) is 3.74. The number of aryl methyl sites for hydroxylation is 1. The maximum absolute atomic E-state index is 11.4. The molecule has 22 heavy (non-hydrogen) atoms. The predicted octanol–water partition coefficient (Wildman–Crippen LogP) is 0.642. The monoisotopic (exact) mass is 420 g/mol. The van der Waals surface area contributed by atoms with E-state index < -0.39 is 5.91 Å². The minimum absolute atomic E-state index is 0. The van der Waals surface area contributed by atoms with Gasteiger partial charge in [0.2, 0.25) is 0 Å². The summed E-state index contributed by atoms with van der Waals surface area (Å²) in [5, 5.41) is 4.23. The molecule has 0 radical (unpaired) electrons. The molecule has 2 rings (SSSR count). The number of amides is 1. The number of halogens is 1. The van der Waals surface area contributed by atoms with Crippen LogP contribution in [0.3, 0.4) is 0 Å². The summed E-state index contributed by atoms with van der Waals surface area (Å²) in [6.07, 6.45) is 3.40. The Morgan fingerprint density at radius 3 is 2.59 bits per heavy atom. The topological polar surface area (TPSA) is 79.7 Å². The number of hydrogen-bond acceptors (Lipinski definition) is 3. The van der Waals surface area contributed by atoms with Crippen LogP contribution >= 0.6 is 24.0 Å². The lowest BCUT2D eigenvalue weighted by Gasteiger charge is -2.26. The molecule has 1 aromatic heterocycles. The van der Waals surface area contributed by atoms with Gasteiger partial charge in [-0.3, -0.25) is 14.5 Å². The van der Waals surface area contributed by atoms with Gasteiger partial charge in [-0.15, -0.1) is 24.0 Å². The van der Waals surface area contributed by atoms with E-state index >= 15 is 0 Å². The van der Waals surface area contributed by atoms with Gasteiger partial charge in [0, 0.05) is 41.3 Å². The average molecular weight is 420 g/mol. The number of hydrogen-bond donors (Lipinski definition) is 1. The van der Waals surface area contributed by atoms with E-state index in [-0.39, 0.29) is 24.0 Å². The molecule has 1 atom stereocenters. The summed E-state index contributed by atoms with van der Waals surface area (Å²) < 4.78 is 1.89. The number of aliphatic imine (C=N–C) groups is 1. The van der Waals surface area contributed by atoms with Crippen molar-refractivity contribution in [2.75, 3.05) is 34.7 Å². The molecule has 0 aliphatic carbocycles. The van der Waals surface area contributed by atoms with E-state index in [1.165, 1.54) is 0 Å². The summed E-state index contributed by atoms with van der Waals surface area (Å²) in [5.74, 6) is 0.967. The molecule has 1 amide bonds. The third kappa shape index (κ3) is 4.11. The molecule has 0 aromatic carbocycles. The first-order valence-electron chi connectivity index (χ1n) is 7.13. The number of carbonyl (C=O) groups excluding carboxylic acids is 1. The number of carbonyl (C=O) groups is 1. The maximum atomic E-state index is 11.4. The van der Waals surface area contributed by atoms with Crippen molar-refractivity contribution in [2.24, 2.45) is 16.6 Å². The second-order valence-electron chi connectivity index (χ2n) is 5.88. The maximum Gasteiger partial charge on any atom is 0.252 e. The number of nitrogens with zero attached hydrogens (tertiary/aromatic N) is 5. The van der Waals surface area contributed by atoms with Crippen molar-refractivity contribution in [3.8, 4) is 0 Å². The highest BCUT2D eigenvalue weighted by Gasteiger charge is 2.24. The Morgan fingerprint density at radius 1 is 1.41 bits per heavy atom. The quantitative estimate of drug-likeness (QED) is 0.442. The molecule has 124 valence electrons. The molecule has 1 aromatic rings. The Hall–Kier alpha value is -1.32. The fourth-order valence-electron chi connectivity index (χ4n) is 2.75. The molecule has 1 aliphatic heterocycles. The second-order valence-corrected chi connectivity index (χ2v) is 5.88. The Morgan fingerprint density at radius 2 is 2.05 bits per heavy atom. The minimum Gasteiger partial charge on any atom is -0.365 e. The van der Waals surface area contributed by atoms with Crippen LogP contribution < -0.4 is 5.73 Å². The van der Waals surface area contributed by atoms with E-state index in [1.54, 1.807) is 6.20 Å². The van der Waals surface area contributed by atoms with E-state index in [9.17, 15) is 4.79 Å². The van der Waals surface area contributed by atoms with Crippen molar-refractivity contribution in [3.05, 3.63) is 17.5 Å². The lowest BCUT2D eigenvalue weighted by atomic mass is 9.94. The highest BCUT2D eigenvalue weighted by Crippen LogP contribution is 2.23. The van der Waals surface area contributed by atoms with Gasteiger partial charge in [-0.25, -0.2) is 0 Å². The lowest BCUT2D eigenvalue weighted by Crippen LogP contribution is -2.36. The van der Waals surface area contributed by atoms with Crippen LogP contribution in [0, 0.1) is 5.92 Å². The van der Waals surface area contributed by atoms with Gasteiger partial charge >= 0.3 is 0 Å². The van der Waals surface area contributed by atoms with Crippen molar-refractivity contribution in [1.29, 1.82) is 0 Å². The second kappa shape index (κ2) is 7.80. The first-order chi connectivity index (χ1) is 9.90. The Bertz CT molecular complexity index is 542. The van der Waals surface area contributed by atoms with Gasteiger partial charge in [-0.2, -0.15) is 5.10 Å². The number of rotatable bonds is 3.